The molecule has 0 amide bonds. The van der Waals surface area contributed by atoms with Crippen molar-refractivity contribution in [3.63, 3.8) is 0 Å². The summed E-state index contributed by atoms with van der Waals surface area (Å²) in [7, 11) is 0. The highest BCUT2D eigenvalue weighted by Gasteiger charge is 2.26. The van der Waals surface area contributed by atoms with Crippen molar-refractivity contribution < 1.29 is 0 Å². The van der Waals surface area contributed by atoms with Crippen LogP contribution in [0.4, 0.5) is 5.00 Å². The van der Waals surface area contributed by atoms with E-state index in [1.807, 2.05) is 0 Å². The summed E-state index contributed by atoms with van der Waals surface area (Å²) >= 11 is 1.77. The largest absolute Gasteiger partial charge is 0.389 e. The fraction of sp³-hybridized carbons (Fsp3) is 0.786. The molecule has 1 aromatic heterocycles. The van der Waals surface area contributed by atoms with Crippen LogP contribution in [0.15, 0.2) is 0 Å². The van der Waals surface area contributed by atoms with Gasteiger partial charge in [0.2, 0.25) is 0 Å². The summed E-state index contributed by atoms with van der Waals surface area (Å²) in [5.41, 5.74) is 7.43. The van der Waals surface area contributed by atoms with E-state index >= 15 is 0 Å². The molecule has 1 heterocycles. The number of anilines is 1. The lowest BCUT2D eigenvalue weighted by Crippen LogP contribution is -2.04. The first-order valence-corrected chi connectivity index (χ1v) is 7.92. The van der Waals surface area contributed by atoms with Crippen LogP contribution < -0.4 is 5.73 Å². The second-order valence-corrected chi connectivity index (χ2v) is 6.68. The number of nitrogens with two attached hydrogens (primary N) is 1. The molecule has 2 nitrogen and oxygen atoms in total. The van der Waals surface area contributed by atoms with Gasteiger partial charge in [-0.05, 0) is 25.7 Å². The summed E-state index contributed by atoms with van der Waals surface area (Å²) in [4.78, 5) is 4.91. The molecule has 94 valence electrons. The van der Waals surface area contributed by atoms with Gasteiger partial charge in [-0.25, -0.2) is 4.98 Å². The summed E-state index contributed by atoms with van der Waals surface area (Å²) in [6, 6.07) is 0. The highest BCUT2D eigenvalue weighted by molar-refractivity contribution is 7.15. The van der Waals surface area contributed by atoms with E-state index in [9.17, 15) is 0 Å². The normalized spacial score (nSPS) is 23.3. The van der Waals surface area contributed by atoms with Crippen LogP contribution >= 0.6 is 11.3 Å². The Morgan fingerprint density at radius 2 is 1.47 bits per heavy atom. The van der Waals surface area contributed by atoms with Crippen molar-refractivity contribution in [3.8, 4) is 0 Å². The van der Waals surface area contributed by atoms with Gasteiger partial charge in [0, 0.05) is 11.8 Å². The molecular weight excluding hydrogens is 228 g/mol. The number of aromatic nitrogens is 1. The maximum atomic E-state index is 6.18. The molecule has 2 aliphatic rings. The third-order valence-electron chi connectivity index (χ3n) is 4.39. The first-order valence-electron chi connectivity index (χ1n) is 7.10. The van der Waals surface area contributed by atoms with E-state index in [1.165, 1.54) is 68.5 Å². The van der Waals surface area contributed by atoms with Crippen LogP contribution in [0.3, 0.4) is 0 Å². The fourth-order valence-corrected chi connectivity index (χ4v) is 4.47. The van der Waals surface area contributed by atoms with E-state index < -0.39 is 0 Å². The monoisotopic (exact) mass is 250 g/mol. The maximum absolute atomic E-state index is 6.18. The van der Waals surface area contributed by atoms with Crippen LogP contribution in [0.2, 0.25) is 0 Å². The van der Waals surface area contributed by atoms with Crippen molar-refractivity contribution in [2.45, 2.75) is 69.6 Å². The molecule has 3 heteroatoms. The Morgan fingerprint density at radius 1 is 0.882 bits per heavy atom. The molecule has 2 N–H and O–H groups in total. The van der Waals surface area contributed by atoms with Crippen LogP contribution in [-0.2, 0) is 0 Å². The van der Waals surface area contributed by atoms with Gasteiger partial charge >= 0.3 is 0 Å². The van der Waals surface area contributed by atoms with E-state index in [4.69, 9.17) is 10.7 Å². The predicted octanol–water partition coefficient (Wildman–Crippen LogP) is 4.43. The van der Waals surface area contributed by atoms with Crippen molar-refractivity contribution in [3.05, 3.63) is 10.7 Å². The van der Waals surface area contributed by atoms with Gasteiger partial charge < -0.3 is 5.73 Å². The molecule has 0 bridgehead atoms. The fourth-order valence-electron chi connectivity index (χ4n) is 3.38. The van der Waals surface area contributed by atoms with Crippen molar-refractivity contribution in [1.82, 2.24) is 4.98 Å². The van der Waals surface area contributed by atoms with Gasteiger partial charge in [-0.15, -0.1) is 11.3 Å². The molecule has 0 radical (unpaired) electrons. The summed E-state index contributed by atoms with van der Waals surface area (Å²) in [6.45, 7) is 0. The van der Waals surface area contributed by atoms with Crippen LogP contribution in [-0.4, -0.2) is 4.98 Å². The van der Waals surface area contributed by atoms with Crippen LogP contribution in [0.25, 0.3) is 0 Å². The van der Waals surface area contributed by atoms with Gasteiger partial charge in [0.25, 0.3) is 0 Å². The SMILES string of the molecule is Nc1sc(C2CCCCC2)nc1C1CCCC1. The van der Waals surface area contributed by atoms with E-state index in [0.29, 0.717) is 11.8 Å². The average molecular weight is 250 g/mol. The topological polar surface area (TPSA) is 38.9 Å². The second-order valence-electron chi connectivity index (χ2n) is 5.62. The third-order valence-corrected chi connectivity index (χ3v) is 5.46. The Kier molecular flexibility index (Phi) is 3.37. The Labute approximate surface area is 108 Å². The van der Waals surface area contributed by atoms with Crippen LogP contribution in [0, 0.1) is 0 Å². The second kappa shape index (κ2) is 4.97. The molecule has 2 saturated carbocycles. The molecule has 0 unspecified atom stereocenters. The summed E-state index contributed by atoms with van der Waals surface area (Å²) < 4.78 is 0. The number of hydrogen-bond donors (Lipinski definition) is 1. The Balaban J connectivity index is 1.79. The third kappa shape index (κ3) is 2.35. The van der Waals surface area contributed by atoms with Crippen molar-refractivity contribution >= 4 is 16.3 Å². The summed E-state index contributed by atoms with van der Waals surface area (Å²) in [5.74, 6) is 1.38. The zero-order valence-corrected chi connectivity index (χ0v) is 11.3. The van der Waals surface area contributed by atoms with E-state index in [2.05, 4.69) is 0 Å². The molecule has 0 aliphatic heterocycles. The van der Waals surface area contributed by atoms with Gasteiger partial charge in [0.1, 0.15) is 5.00 Å². The molecule has 0 saturated heterocycles. The first-order chi connectivity index (χ1) is 8.34. The van der Waals surface area contributed by atoms with Gasteiger partial charge in [-0.1, -0.05) is 32.1 Å². The molecule has 2 fully saturated rings. The molecule has 0 aromatic carbocycles. The van der Waals surface area contributed by atoms with Crippen LogP contribution in [0.5, 0.6) is 0 Å². The zero-order valence-electron chi connectivity index (χ0n) is 10.5. The quantitative estimate of drug-likeness (QED) is 0.843. The minimum Gasteiger partial charge on any atom is -0.389 e. The standard InChI is InChI=1S/C14H22N2S/c15-13-12(10-6-4-5-7-10)16-14(17-13)11-8-2-1-3-9-11/h10-11H,1-9,15H2. The molecule has 17 heavy (non-hydrogen) atoms. The van der Waals surface area contributed by atoms with Gasteiger partial charge in [0.05, 0.1) is 10.7 Å². The average Bonchev–Trinajstić information content (AvgIpc) is 2.99. The number of thiazole rings is 1. The molecule has 3 rings (SSSR count). The van der Waals surface area contributed by atoms with Crippen molar-refractivity contribution in [2.75, 3.05) is 5.73 Å². The summed E-state index contributed by atoms with van der Waals surface area (Å²) in [6.07, 6.45) is 12.2. The lowest BCUT2D eigenvalue weighted by atomic mass is 9.90. The molecular formula is C14H22N2S. The Bertz CT molecular complexity index is 374. The Morgan fingerprint density at radius 3 is 2.18 bits per heavy atom. The molecule has 2 aliphatic carbocycles. The lowest BCUT2D eigenvalue weighted by molar-refractivity contribution is 0.441. The first kappa shape index (κ1) is 11.5. The smallest absolute Gasteiger partial charge is 0.110 e. The highest BCUT2D eigenvalue weighted by Crippen LogP contribution is 2.42. The summed E-state index contributed by atoms with van der Waals surface area (Å²) in [5, 5.41) is 2.35. The number of nitrogens with zero attached hydrogens (tertiary/aromatic N) is 1. The molecule has 0 atom stereocenters. The maximum Gasteiger partial charge on any atom is 0.110 e. The van der Waals surface area contributed by atoms with Gasteiger partial charge in [-0.3, -0.25) is 0 Å². The minimum absolute atomic E-state index is 0.670. The lowest BCUT2D eigenvalue weighted by Gasteiger charge is -2.19. The van der Waals surface area contributed by atoms with Crippen molar-refractivity contribution in [2.24, 2.45) is 0 Å². The van der Waals surface area contributed by atoms with Gasteiger partial charge in [-0.2, -0.15) is 0 Å². The van der Waals surface area contributed by atoms with E-state index in [1.54, 1.807) is 11.3 Å². The van der Waals surface area contributed by atoms with E-state index in [0.717, 1.165) is 5.00 Å². The van der Waals surface area contributed by atoms with Gasteiger partial charge in [0.15, 0.2) is 0 Å². The zero-order chi connectivity index (χ0) is 11.7. The van der Waals surface area contributed by atoms with E-state index in [-0.39, 0.29) is 0 Å². The highest BCUT2D eigenvalue weighted by atomic mass is 32.1. The Hall–Kier alpha value is -0.570. The molecule has 1 aromatic rings. The number of hydrogen-bond acceptors (Lipinski definition) is 3. The number of rotatable bonds is 2. The molecule has 0 spiro atoms. The van der Waals surface area contributed by atoms with Crippen molar-refractivity contribution in [1.29, 1.82) is 0 Å². The van der Waals surface area contributed by atoms with Crippen LogP contribution in [0.1, 0.15) is 80.3 Å². The predicted molar refractivity (Wildman–Crippen MR) is 73.6 cm³/mol. The minimum atomic E-state index is 0.670. The number of nitrogen functional groups attached to an aromatic ring is 1.